The van der Waals surface area contributed by atoms with Crippen LogP contribution in [0.2, 0.25) is 0 Å². The lowest BCUT2D eigenvalue weighted by atomic mass is 9.84. The molecule has 3 unspecified atom stereocenters. The Hall–Kier alpha value is -0.980. The Balaban J connectivity index is 1.63. The van der Waals surface area contributed by atoms with Crippen molar-refractivity contribution in [3.8, 4) is 0 Å². The summed E-state index contributed by atoms with van der Waals surface area (Å²) in [4.78, 5) is 0. The Morgan fingerprint density at radius 1 is 1.35 bits per heavy atom. The lowest BCUT2D eigenvalue weighted by Gasteiger charge is -2.38. The van der Waals surface area contributed by atoms with Crippen LogP contribution in [0.15, 0.2) is 5.10 Å². The molecule has 0 radical (unpaired) electrons. The molecular weight excluding hydrogens is 307 g/mol. The molecule has 0 aromatic carbocycles. The quantitative estimate of drug-likeness (QED) is 0.856. The van der Waals surface area contributed by atoms with E-state index in [0.717, 1.165) is 31.8 Å². The topological polar surface area (TPSA) is 36.9 Å². The number of nitrogens with one attached hydrogen (secondary N) is 1. The highest BCUT2D eigenvalue weighted by Gasteiger charge is 2.40. The summed E-state index contributed by atoms with van der Waals surface area (Å²) in [7, 11) is 0. The molecule has 132 valence electrons. The molecule has 0 bridgehead atoms. The van der Waals surface area contributed by atoms with Crippen molar-refractivity contribution in [2.24, 2.45) is 16.9 Å². The minimum atomic E-state index is -4.08. The van der Waals surface area contributed by atoms with Gasteiger partial charge in [0.05, 0.1) is 6.54 Å². The number of ether oxygens (including phenoxy) is 1. The number of fused-ring (bicyclic) bond motifs is 1. The van der Waals surface area contributed by atoms with Gasteiger partial charge in [0, 0.05) is 25.3 Å². The number of nitrogens with zero attached hydrogens (tertiary/aromatic N) is 2. The Morgan fingerprint density at radius 3 is 2.78 bits per heavy atom. The van der Waals surface area contributed by atoms with Crippen molar-refractivity contribution in [2.75, 3.05) is 13.1 Å². The third-order valence-corrected chi connectivity index (χ3v) is 5.29. The predicted molar refractivity (Wildman–Crippen MR) is 81.8 cm³/mol. The van der Waals surface area contributed by atoms with E-state index in [1.54, 1.807) is 0 Å². The first-order valence-corrected chi connectivity index (χ1v) is 8.73. The maximum Gasteiger partial charge on any atom is 0.389 e. The van der Waals surface area contributed by atoms with Crippen LogP contribution in [0.25, 0.3) is 0 Å². The SMILES string of the molecule is CC(CCC(F)(F)F)C1CC(OC2CCCC2)=NN2CCNC12. The van der Waals surface area contributed by atoms with Gasteiger partial charge in [0.2, 0.25) is 5.90 Å². The summed E-state index contributed by atoms with van der Waals surface area (Å²) in [5.74, 6) is 0.821. The maximum absolute atomic E-state index is 12.5. The lowest BCUT2D eigenvalue weighted by Crippen LogP contribution is -2.47. The van der Waals surface area contributed by atoms with Gasteiger partial charge in [-0.05, 0) is 38.0 Å². The summed E-state index contributed by atoms with van der Waals surface area (Å²) >= 11 is 0. The van der Waals surface area contributed by atoms with Crippen LogP contribution in [0.1, 0.15) is 51.9 Å². The van der Waals surface area contributed by atoms with Gasteiger partial charge >= 0.3 is 6.18 Å². The zero-order valence-corrected chi connectivity index (χ0v) is 13.6. The molecule has 3 aliphatic rings. The molecule has 2 aliphatic heterocycles. The first-order chi connectivity index (χ1) is 10.9. The number of hydrazone groups is 1. The summed E-state index contributed by atoms with van der Waals surface area (Å²) < 4.78 is 43.6. The van der Waals surface area contributed by atoms with Crippen molar-refractivity contribution in [1.82, 2.24) is 10.3 Å². The molecule has 2 heterocycles. The Labute approximate surface area is 135 Å². The highest BCUT2D eigenvalue weighted by molar-refractivity contribution is 5.77. The average molecular weight is 333 g/mol. The van der Waals surface area contributed by atoms with Gasteiger partial charge in [-0.2, -0.15) is 13.2 Å². The molecule has 3 rings (SSSR count). The van der Waals surface area contributed by atoms with E-state index >= 15 is 0 Å². The molecule has 4 nitrogen and oxygen atoms in total. The summed E-state index contributed by atoms with van der Waals surface area (Å²) in [6.45, 7) is 3.55. The second-order valence-corrected chi connectivity index (χ2v) is 7.08. The molecular formula is C16H26F3N3O. The van der Waals surface area contributed by atoms with E-state index in [2.05, 4.69) is 10.4 Å². The van der Waals surface area contributed by atoms with Crippen molar-refractivity contribution < 1.29 is 17.9 Å². The molecule has 7 heteroatoms. The molecule has 1 aliphatic carbocycles. The third-order valence-electron chi connectivity index (χ3n) is 5.29. The highest BCUT2D eigenvalue weighted by atomic mass is 19.4. The summed E-state index contributed by atoms with van der Waals surface area (Å²) in [6.07, 6.45) is 0.816. The van der Waals surface area contributed by atoms with E-state index in [1.807, 2.05) is 11.9 Å². The van der Waals surface area contributed by atoms with Crippen molar-refractivity contribution in [2.45, 2.75) is 70.3 Å². The smallest absolute Gasteiger partial charge is 0.389 e. The summed E-state index contributed by atoms with van der Waals surface area (Å²) in [6, 6.07) is 0. The van der Waals surface area contributed by atoms with Crippen LogP contribution in [-0.4, -0.2) is 42.4 Å². The lowest BCUT2D eigenvalue weighted by molar-refractivity contribution is -0.138. The maximum atomic E-state index is 12.5. The zero-order chi connectivity index (χ0) is 16.4. The van der Waals surface area contributed by atoms with E-state index in [0.29, 0.717) is 6.42 Å². The number of hydrogen-bond acceptors (Lipinski definition) is 4. The fraction of sp³-hybridized carbons (Fsp3) is 0.938. The first kappa shape index (κ1) is 16.9. The zero-order valence-electron chi connectivity index (χ0n) is 13.6. The first-order valence-electron chi connectivity index (χ1n) is 8.73. The molecule has 23 heavy (non-hydrogen) atoms. The van der Waals surface area contributed by atoms with Crippen LogP contribution in [0.5, 0.6) is 0 Å². The molecule has 2 fully saturated rings. The van der Waals surface area contributed by atoms with Crippen LogP contribution in [-0.2, 0) is 4.74 Å². The van der Waals surface area contributed by atoms with Crippen molar-refractivity contribution in [3.05, 3.63) is 0 Å². The normalized spacial score (nSPS) is 30.3. The van der Waals surface area contributed by atoms with Gasteiger partial charge in [-0.15, -0.1) is 5.10 Å². The van der Waals surface area contributed by atoms with Gasteiger partial charge in [-0.1, -0.05) is 6.92 Å². The van der Waals surface area contributed by atoms with E-state index in [-0.39, 0.29) is 30.5 Å². The average Bonchev–Trinajstić information content (AvgIpc) is 3.14. The molecule has 1 saturated carbocycles. The van der Waals surface area contributed by atoms with E-state index in [9.17, 15) is 13.2 Å². The number of halogens is 3. The van der Waals surface area contributed by atoms with Gasteiger partial charge in [-0.3, -0.25) is 10.3 Å². The Morgan fingerprint density at radius 2 is 2.09 bits per heavy atom. The molecule has 3 atom stereocenters. The van der Waals surface area contributed by atoms with Crippen LogP contribution >= 0.6 is 0 Å². The summed E-state index contributed by atoms with van der Waals surface area (Å²) in [5.41, 5.74) is 0. The molecule has 0 aromatic rings. The number of alkyl halides is 3. The largest absolute Gasteiger partial charge is 0.476 e. The second-order valence-electron chi connectivity index (χ2n) is 7.08. The minimum Gasteiger partial charge on any atom is -0.476 e. The van der Waals surface area contributed by atoms with Gasteiger partial charge in [-0.25, -0.2) is 0 Å². The van der Waals surface area contributed by atoms with Crippen molar-refractivity contribution >= 4 is 5.90 Å². The molecule has 1 N–H and O–H groups in total. The second kappa shape index (κ2) is 6.87. The van der Waals surface area contributed by atoms with E-state index < -0.39 is 12.6 Å². The van der Waals surface area contributed by atoms with Gasteiger partial charge in [0.25, 0.3) is 0 Å². The van der Waals surface area contributed by atoms with Crippen LogP contribution in [0.3, 0.4) is 0 Å². The number of rotatable bonds is 4. The molecule has 0 aromatic heterocycles. The standard InChI is InChI=1S/C16H26F3N3O/c1-11(6-7-16(17,18)19)13-10-14(23-12-4-2-3-5-12)21-22-9-8-20-15(13)22/h11-13,15,20H,2-10H2,1H3. The van der Waals surface area contributed by atoms with Crippen LogP contribution in [0, 0.1) is 11.8 Å². The highest BCUT2D eigenvalue weighted by Crippen LogP contribution is 2.35. The van der Waals surface area contributed by atoms with Crippen molar-refractivity contribution in [1.29, 1.82) is 0 Å². The van der Waals surface area contributed by atoms with Crippen molar-refractivity contribution in [3.63, 3.8) is 0 Å². The molecule has 0 spiro atoms. The van der Waals surface area contributed by atoms with Gasteiger partial charge < -0.3 is 4.74 Å². The van der Waals surface area contributed by atoms with E-state index in [4.69, 9.17) is 4.74 Å². The van der Waals surface area contributed by atoms with Gasteiger partial charge in [0.1, 0.15) is 12.3 Å². The monoisotopic (exact) mass is 333 g/mol. The molecule has 0 amide bonds. The van der Waals surface area contributed by atoms with Crippen LogP contribution < -0.4 is 5.32 Å². The van der Waals surface area contributed by atoms with Crippen LogP contribution in [0.4, 0.5) is 13.2 Å². The predicted octanol–water partition coefficient (Wildman–Crippen LogP) is 3.49. The number of hydrogen-bond donors (Lipinski definition) is 1. The Kier molecular flexibility index (Phi) is 5.04. The molecule has 1 saturated heterocycles. The fourth-order valence-electron chi connectivity index (χ4n) is 3.94. The van der Waals surface area contributed by atoms with Gasteiger partial charge in [0.15, 0.2) is 0 Å². The summed E-state index contributed by atoms with van der Waals surface area (Å²) in [5, 5.41) is 9.95. The Bertz CT molecular complexity index is 435. The van der Waals surface area contributed by atoms with E-state index in [1.165, 1.54) is 12.8 Å². The fourth-order valence-corrected chi connectivity index (χ4v) is 3.94. The minimum absolute atomic E-state index is 0.0209. The third kappa shape index (κ3) is 4.31.